The lowest BCUT2D eigenvalue weighted by Gasteiger charge is -2.25. The van der Waals surface area contributed by atoms with E-state index in [0.29, 0.717) is 36.5 Å². The zero-order valence-corrected chi connectivity index (χ0v) is 23.5. The highest BCUT2D eigenvalue weighted by Crippen LogP contribution is 2.17. The van der Waals surface area contributed by atoms with Crippen molar-refractivity contribution in [1.29, 1.82) is 0 Å². The third-order valence-electron chi connectivity index (χ3n) is 6.27. The molecule has 2 rings (SSSR count). The average molecular weight is 545 g/mol. The summed E-state index contributed by atoms with van der Waals surface area (Å²) < 4.78 is 27.7. The number of aliphatic hydroxyl groups excluding tert-OH is 1. The molecule has 0 aromatic heterocycles. The van der Waals surface area contributed by atoms with E-state index in [1.54, 1.807) is 30.0 Å². The largest absolute Gasteiger partial charge is 0.391 e. The Hall–Kier alpha value is -3.33. The fourth-order valence-electron chi connectivity index (χ4n) is 4.47. The van der Waals surface area contributed by atoms with Gasteiger partial charge in [-0.1, -0.05) is 20.8 Å². The number of nitrogens with one attached hydrogen (secondary N) is 1. The van der Waals surface area contributed by atoms with E-state index in [-0.39, 0.29) is 30.9 Å². The number of carbonyl (C=O) groups excluding carboxylic acids is 2. The lowest BCUT2D eigenvalue weighted by molar-refractivity contribution is 0.0755. The first kappa shape index (κ1) is 31.9. The third-order valence-corrected chi connectivity index (χ3v) is 6.27. The summed E-state index contributed by atoms with van der Waals surface area (Å²) in [6.45, 7) is 9.27. The molecule has 7 nitrogen and oxygen atoms in total. The van der Waals surface area contributed by atoms with Crippen molar-refractivity contribution in [2.75, 3.05) is 19.6 Å². The first-order chi connectivity index (χ1) is 18.6. The quantitative estimate of drug-likeness (QED) is 0.221. The number of rotatable bonds is 15. The van der Waals surface area contributed by atoms with E-state index in [0.717, 1.165) is 30.9 Å². The number of halogens is 2. The van der Waals surface area contributed by atoms with Gasteiger partial charge >= 0.3 is 0 Å². The van der Waals surface area contributed by atoms with Gasteiger partial charge in [-0.25, -0.2) is 8.78 Å². The molecule has 0 aliphatic heterocycles. The van der Waals surface area contributed by atoms with Crippen LogP contribution in [-0.2, 0) is 6.42 Å². The Balaban J connectivity index is 2.30. The van der Waals surface area contributed by atoms with E-state index in [4.69, 9.17) is 5.73 Å². The molecule has 0 aliphatic rings. The molecule has 2 aromatic rings. The van der Waals surface area contributed by atoms with Crippen molar-refractivity contribution in [3.63, 3.8) is 0 Å². The van der Waals surface area contributed by atoms with E-state index in [9.17, 15) is 23.5 Å². The van der Waals surface area contributed by atoms with Gasteiger partial charge in [0, 0.05) is 43.2 Å². The molecule has 2 amide bonds. The van der Waals surface area contributed by atoms with Crippen LogP contribution in [0.1, 0.15) is 84.7 Å². The van der Waals surface area contributed by atoms with Gasteiger partial charge in [0.2, 0.25) is 0 Å². The number of benzene rings is 2. The van der Waals surface area contributed by atoms with E-state index in [2.05, 4.69) is 10.3 Å². The molecular formula is C30H42F2N4O3. The van der Waals surface area contributed by atoms with Crippen molar-refractivity contribution in [2.45, 2.75) is 78.4 Å². The summed E-state index contributed by atoms with van der Waals surface area (Å²) in [4.78, 5) is 32.6. The topological polar surface area (TPSA) is 108 Å². The minimum absolute atomic E-state index is 0.00583. The zero-order valence-electron chi connectivity index (χ0n) is 23.5. The molecule has 9 heteroatoms. The average Bonchev–Trinajstić information content (AvgIpc) is 2.86. The molecule has 0 saturated carbocycles. The fraction of sp³-hybridized carbons (Fsp3) is 0.500. The van der Waals surface area contributed by atoms with Crippen molar-refractivity contribution < 1.29 is 23.5 Å². The molecular weight excluding hydrogens is 502 g/mol. The molecule has 4 N–H and O–H groups in total. The summed E-state index contributed by atoms with van der Waals surface area (Å²) in [5, 5.41) is 13.8. The van der Waals surface area contributed by atoms with Crippen LogP contribution in [0, 0.1) is 18.6 Å². The van der Waals surface area contributed by atoms with Crippen molar-refractivity contribution >= 4 is 17.6 Å². The Morgan fingerprint density at radius 3 is 2.18 bits per heavy atom. The van der Waals surface area contributed by atoms with Gasteiger partial charge in [-0.15, -0.1) is 0 Å². The van der Waals surface area contributed by atoms with Crippen LogP contribution >= 0.6 is 0 Å². The van der Waals surface area contributed by atoms with Crippen molar-refractivity contribution in [1.82, 2.24) is 10.2 Å². The minimum Gasteiger partial charge on any atom is -0.391 e. The summed E-state index contributed by atoms with van der Waals surface area (Å²) in [5.74, 6) is -1.65. The number of amides is 2. The van der Waals surface area contributed by atoms with Gasteiger partial charge in [0.05, 0.1) is 18.0 Å². The molecule has 0 saturated heterocycles. The standard InChI is InChI=1S/C30H42F2N4O3/c1-5-8-28(33)34-10-9-27(37)26(17-21-15-24(31)19-25(32)16-21)35-29(38)22-13-20(4)14-23(18-22)30(39)36(11-6-2)12-7-3/h13-16,18-19,26-27,37H,5-12,17H2,1-4H3,(H2,33,34)(H,35,38)/t26-,27+/m0/s1. The summed E-state index contributed by atoms with van der Waals surface area (Å²) in [6, 6.07) is 7.21. The number of hydrogen-bond acceptors (Lipinski definition) is 4. The number of aliphatic imine (C=N–C) groups is 1. The molecule has 0 bridgehead atoms. The SMILES string of the molecule is CCCC(N)=NCC[C@@H](O)[C@H](Cc1cc(F)cc(F)c1)NC(=O)c1cc(C)cc(C(=O)N(CCC)CCC)c1. The van der Waals surface area contributed by atoms with Crippen LogP contribution in [0.3, 0.4) is 0 Å². The molecule has 2 atom stereocenters. The number of nitrogens with two attached hydrogens (primary N) is 1. The van der Waals surface area contributed by atoms with Gasteiger partial charge in [-0.2, -0.15) is 0 Å². The molecule has 0 heterocycles. The smallest absolute Gasteiger partial charge is 0.253 e. The lowest BCUT2D eigenvalue weighted by atomic mass is 9.98. The summed E-state index contributed by atoms with van der Waals surface area (Å²) in [5.41, 5.74) is 7.56. The molecule has 2 aromatic carbocycles. The highest BCUT2D eigenvalue weighted by atomic mass is 19.1. The number of amidine groups is 1. The highest BCUT2D eigenvalue weighted by Gasteiger charge is 2.24. The lowest BCUT2D eigenvalue weighted by Crippen LogP contribution is -2.45. The molecule has 0 spiro atoms. The third kappa shape index (κ3) is 10.4. The Morgan fingerprint density at radius 2 is 1.59 bits per heavy atom. The maximum absolute atomic E-state index is 13.9. The highest BCUT2D eigenvalue weighted by molar-refractivity contribution is 6.00. The van der Waals surface area contributed by atoms with Gasteiger partial charge in [0.25, 0.3) is 11.8 Å². The molecule has 0 fully saturated rings. The number of aliphatic hydroxyl groups is 1. The van der Waals surface area contributed by atoms with Crippen LogP contribution in [0.25, 0.3) is 0 Å². The van der Waals surface area contributed by atoms with Crippen LogP contribution in [-0.4, -0.2) is 59.4 Å². The number of aryl methyl sites for hydroxylation is 1. The van der Waals surface area contributed by atoms with E-state index < -0.39 is 29.7 Å². The normalized spacial score (nSPS) is 13.2. The summed E-state index contributed by atoms with van der Waals surface area (Å²) in [7, 11) is 0. The molecule has 214 valence electrons. The Bertz CT molecular complexity index is 1110. The van der Waals surface area contributed by atoms with E-state index >= 15 is 0 Å². The molecule has 39 heavy (non-hydrogen) atoms. The summed E-state index contributed by atoms with van der Waals surface area (Å²) in [6.07, 6.45) is 2.24. The van der Waals surface area contributed by atoms with E-state index in [1.807, 2.05) is 20.8 Å². The summed E-state index contributed by atoms with van der Waals surface area (Å²) >= 11 is 0. The fourth-order valence-corrected chi connectivity index (χ4v) is 4.47. The molecule has 0 radical (unpaired) electrons. The Labute approximate surface area is 230 Å². The van der Waals surface area contributed by atoms with Crippen LogP contribution in [0.15, 0.2) is 41.4 Å². The van der Waals surface area contributed by atoms with Gasteiger partial charge in [-0.05, 0) is 80.5 Å². The number of nitrogens with zero attached hydrogens (tertiary/aromatic N) is 2. The second kappa shape index (κ2) is 15.9. The van der Waals surface area contributed by atoms with Gasteiger partial charge in [-0.3, -0.25) is 14.6 Å². The van der Waals surface area contributed by atoms with Gasteiger partial charge in [0.15, 0.2) is 0 Å². The first-order valence-corrected chi connectivity index (χ1v) is 13.7. The maximum atomic E-state index is 13.9. The molecule has 0 aliphatic carbocycles. The van der Waals surface area contributed by atoms with Gasteiger partial charge < -0.3 is 21.1 Å². The van der Waals surface area contributed by atoms with E-state index in [1.165, 1.54) is 12.1 Å². The van der Waals surface area contributed by atoms with Crippen LogP contribution in [0.5, 0.6) is 0 Å². The second-order valence-electron chi connectivity index (χ2n) is 9.92. The van der Waals surface area contributed by atoms with Crippen molar-refractivity contribution in [3.8, 4) is 0 Å². The van der Waals surface area contributed by atoms with Gasteiger partial charge in [0.1, 0.15) is 11.6 Å². The maximum Gasteiger partial charge on any atom is 0.253 e. The minimum atomic E-state index is -1.06. The van der Waals surface area contributed by atoms with Crippen LogP contribution in [0.2, 0.25) is 0 Å². The first-order valence-electron chi connectivity index (χ1n) is 13.7. The van der Waals surface area contributed by atoms with Crippen molar-refractivity contribution in [2.24, 2.45) is 10.7 Å². The molecule has 0 unspecified atom stereocenters. The van der Waals surface area contributed by atoms with Crippen LogP contribution < -0.4 is 11.1 Å². The Kier molecular flexibility index (Phi) is 13.0. The van der Waals surface area contributed by atoms with Crippen molar-refractivity contribution in [3.05, 3.63) is 70.3 Å². The Morgan fingerprint density at radius 1 is 0.974 bits per heavy atom. The van der Waals surface area contributed by atoms with Crippen LogP contribution in [0.4, 0.5) is 8.78 Å². The zero-order chi connectivity index (χ0) is 28.9. The predicted octanol–water partition coefficient (Wildman–Crippen LogP) is 4.78. The number of carbonyl (C=O) groups is 2. The number of hydrogen-bond donors (Lipinski definition) is 3. The second-order valence-corrected chi connectivity index (χ2v) is 9.92. The predicted molar refractivity (Wildman–Crippen MR) is 151 cm³/mol. The monoisotopic (exact) mass is 544 g/mol.